The summed E-state index contributed by atoms with van der Waals surface area (Å²) in [6, 6.07) is 18.0. The summed E-state index contributed by atoms with van der Waals surface area (Å²) < 4.78 is 5.31. The molecule has 2 atom stereocenters. The molecule has 4 nitrogen and oxygen atoms in total. The van der Waals surface area contributed by atoms with E-state index < -0.39 is 0 Å². The van der Waals surface area contributed by atoms with Gasteiger partial charge in [-0.05, 0) is 30.5 Å². The fraction of sp³-hybridized carbons (Fsp3) is 0.278. The number of rotatable bonds is 3. The lowest BCUT2D eigenvalue weighted by Gasteiger charge is -2.31. The van der Waals surface area contributed by atoms with Crippen molar-refractivity contribution in [2.24, 2.45) is 0 Å². The van der Waals surface area contributed by atoms with Crippen LogP contribution in [0.3, 0.4) is 0 Å². The van der Waals surface area contributed by atoms with Crippen LogP contribution in [0.1, 0.15) is 30.5 Å². The van der Waals surface area contributed by atoms with E-state index in [9.17, 15) is 4.79 Å². The first-order valence-corrected chi connectivity index (χ1v) is 7.55. The summed E-state index contributed by atoms with van der Waals surface area (Å²) in [4.78, 5) is 12.0. The van der Waals surface area contributed by atoms with Gasteiger partial charge < -0.3 is 15.4 Å². The van der Waals surface area contributed by atoms with Crippen molar-refractivity contribution in [2.75, 3.05) is 5.32 Å². The van der Waals surface area contributed by atoms with Crippen LogP contribution in [0, 0.1) is 0 Å². The molecule has 0 saturated carbocycles. The standard InChI is InChI=1S/C18H20N2O2/c1-13-11-17(15-9-5-6-10-16(15)19-13)20-18(21)22-12-14-7-3-2-4-8-14/h2-10,13,17,19H,11-12H2,1H3,(H,20,21). The van der Waals surface area contributed by atoms with Crippen LogP contribution in [-0.4, -0.2) is 12.1 Å². The molecular weight excluding hydrogens is 276 g/mol. The number of benzene rings is 2. The molecule has 22 heavy (non-hydrogen) atoms. The maximum Gasteiger partial charge on any atom is 0.407 e. The van der Waals surface area contributed by atoms with Crippen molar-refractivity contribution >= 4 is 11.8 Å². The first-order valence-electron chi connectivity index (χ1n) is 7.55. The van der Waals surface area contributed by atoms with Crippen LogP contribution in [0.15, 0.2) is 54.6 Å². The lowest BCUT2D eigenvalue weighted by Crippen LogP contribution is -2.36. The molecule has 1 amide bonds. The molecule has 1 aliphatic heterocycles. The van der Waals surface area contributed by atoms with Crippen molar-refractivity contribution in [2.45, 2.75) is 32.0 Å². The normalized spacial score (nSPS) is 19.7. The zero-order valence-corrected chi connectivity index (χ0v) is 12.6. The van der Waals surface area contributed by atoms with Crippen molar-refractivity contribution in [3.63, 3.8) is 0 Å². The second-order valence-corrected chi connectivity index (χ2v) is 5.63. The Morgan fingerprint density at radius 2 is 1.91 bits per heavy atom. The van der Waals surface area contributed by atoms with E-state index in [-0.39, 0.29) is 18.7 Å². The minimum Gasteiger partial charge on any atom is -0.445 e. The van der Waals surface area contributed by atoms with Crippen LogP contribution >= 0.6 is 0 Å². The molecule has 0 aliphatic carbocycles. The number of carbonyl (C=O) groups is 1. The van der Waals surface area contributed by atoms with E-state index in [0.29, 0.717) is 6.04 Å². The zero-order valence-electron chi connectivity index (χ0n) is 12.6. The third-order valence-corrected chi connectivity index (χ3v) is 3.83. The average molecular weight is 296 g/mol. The number of carbonyl (C=O) groups excluding carboxylic acids is 1. The topological polar surface area (TPSA) is 50.4 Å². The van der Waals surface area contributed by atoms with Gasteiger partial charge in [-0.15, -0.1) is 0 Å². The average Bonchev–Trinajstić information content (AvgIpc) is 2.54. The van der Waals surface area contributed by atoms with Crippen LogP contribution in [-0.2, 0) is 11.3 Å². The Bertz CT molecular complexity index is 643. The quantitative estimate of drug-likeness (QED) is 0.904. The third kappa shape index (κ3) is 3.39. The number of ether oxygens (including phenoxy) is 1. The molecule has 4 heteroatoms. The third-order valence-electron chi connectivity index (χ3n) is 3.83. The van der Waals surface area contributed by atoms with Crippen LogP contribution in [0.5, 0.6) is 0 Å². The number of fused-ring (bicyclic) bond motifs is 1. The highest BCUT2D eigenvalue weighted by Gasteiger charge is 2.25. The van der Waals surface area contributed by atoms with E-state index in [0.717, 1.165) is 23.2 Å². The maximum absolute atomic E-state index is 12.0. The zero-order chi connectivity index (χ0) is 15.4. The Morgan fingerprint density at radius 3 is 2.73 bits per heavy atom. The Kier molecular flexibility index (Phi) is 4.28. The highest BCUT2D eigenvalue weighted by atomic mass is 16.5. The molecular formula is C18H20N2O2. The van der Waals surface area contributed by atoms with Gasteiger partial charge in [0.15, 0.2) is 0 Å². The monoisotopic (exact) mass is 296 g/mol. The fourth-order valence-electron chi connectivity index (χ4n) is 2.78. The van der Waals surface area contributed by atoms with Crippen molar-refractivity contribution in [1.82, 2.24) is 5.32 Å². The highest BCUT2D eigenvalue weighted by Crippen LogP contribution is 2.32. The van der Waals surface area contributed by atoms with Crippen LogP contribution in [0.4, 0.5) is 10.5 Å². The smallest absolute Gasteiger partial charge is 0.407 e. The van der Waals surface area contributed by atoms with Gasteiger partial charge in [0, 0.05) is 11.7 Å². The molecule has 0 bridgehead atoms. The van der Waals surface area contributed by atoms with E-state index in [1.807, 2.05) is 54.6 Å². The number of amides is 1. The van der Waals surface area contributed by atoms with Crippen molar-refractivity contribution < 1.29 is 9.53 Å². The lowest BCUT2D eigenvalue weighted by atomic mass is 9.94. The number of nitrogens with one attached hydrogen (secondary N) is 2. The molecule has 2 aromatic rings. The molecule has 0 radical (unpaired) electrons. The number of hydrogen-bond donors (Lipinski definition) is 2. The first kappa shape index (κ1) is 14.4. The number of para-hydroxylation sites is 1. The SMILES string of the molecule is CC1CC(NC(=O)OCc2ccccc2)c2ccccc2N1. The van der Waals surface area contributed by atoms with E-state index in [2.05, 4.69) is 17.6 Å². The largest absolute Gasteiger partial charge is 0.445 e. The molecule has 0 spiro atoms. The molecule has 0 aromatic heterocycles. The van der Waals surface area contributed by atoms with Gasteiger partial charge in [-0.1, -0.05) is 48.5 Å². The molecule has 2 N–H and O–H groups in total. The van der Waals surface area contributed by atoms with Gasteiger partial charge in [-0.25, -0.2) is 4.79 Å². The van der Waals surface area contributed by atoms with Crippen LogP contribution in [0.25, 0.3) is 0 Å². The van der Waals surface area contributed by atoms with Gasteiger partial charge in [-0.3, -0.25) is 0 Å². The minimum absolute atomic E-state index is 0.0178. The number of hydrogen-bond acceptors (Lipinski definition) is 3. The summed E-state index contributed by atoms with van der Waals surface area (Å²) in [6.07, 6.45) is 0.468. The summed E-state index contributed by atoms with van der Waals surface area (Å²) in [6.45, 7) is 2.40. The molecule has 0 saturated heterocycles. The Hall–Kier alpha value is -2.49. The molecule has 114 valence electrons. The van der Waals surface area contributed by atoms with Crippen molar-refractivity contribution in [3.05, 3.63) is 65.7 Å². The van der Waals surface area contributed by atoms with E-state index >= 15 is 0 Å². The Morgan fingerprint density at radius 1 is 1.18 bits per heavy atom. The fourth-order valence-corrected chi connectivity index (χ4v) is 2.78. The van der Waals surface area contributed by atoms with Crippen molar-refractivity contribution in [3.8, 4) is 0 Å². The second kappa shape index (κ2) is 6.52. The predicted molar refractivity (Wildman–Crippen MR) is 86.6 cm³/mol. The van der Waals surface area contributed by atoms with Gasteiger partial charge in [0.05, 0.1) is 6.04 Å². The van der Waals surface area contributed by atoms with Gasteiger partial charge in [-0.2, -0.15) is 0 Å². The lowest BCUT2D eigenvalue weighted by molar-refractivity contribution is 0.134. The predicted octanol–water partition coefficient (Wildman–Crippen LogP) is 3.86. The van der Waals surface area contributed by atoms with E-state index in [4.69, 9.17) is 4.74 Å². The van der Waals surface area contributed by atoms with E-state index in [1.165, 1.54) is 0 Å². The number of alkyl carbamates (subject to hydrolysis) is 1. The molecule has 2 aromatic carbocycles. The van der Waals surface area contributed by atoms with Gasteiger partial charge in [0.25, 0.3) is 0 Å². The summed E-state index contributed by atoms with van der Waals surface area (Å²) in [5.41, 5.74) is 3.17. The van der Waals surface area contributed by atoms with Crippen molar-refractivity contribution in [1.29, 1.82) is 0 Å². The summed E-state index contributed by atoms with van der Waals surface area (Å²) in [7, 11) is 0. The Labute approximate surface area is 130 Å². The van der Waals surface area contributed by atoms with E-state index in [1.54, 1.807) is 0 Å². The molecule has 1 heterocycles. The van der Waals surface area contributed by atoms with Gasteiger partial charge in [0.2, 0.25) is 0 Å². The first-order chi connectivity index (χ1) is 10.7. The number of anilines is 1. The van der Waals surface area contributed by atoms with Crippen LogP contribution < -0.4 is 10.6 Å². The molecule has 0 fully saturated rings. The Balaban J connectivity index is 1.62. The molecule has 2 unspecified atom stereocenters. The van der Waals surface area contributed by atoms with Crippen LogP contribution in [0.2, 0.25) is 0 Å². The molecule has 3 rings (SSSR count). The van der Waals surface area contributed by atoms with Gasteiger partial charge >= 0.3 is 6.09 Å². The van der Waals surface area contributed by atoms with Gasteiger partial charge in [0.1, 0.15) is 6.61 Å². The summed E-state index contributed by atoms with van der Waals surface area (Å²) >= 11 is 0. The maximum atomic E-state index is 12.0. The molecule has 1 aliphatic rings. The summed E-state index contributed by atoms with van der Waals surface area (Å²) in [5, 5.41) is 6.40. The highest BCUT2D eigenvalue weighted by molar-refractivity contribution is 5.69. The minimum atomic E-state index is -0.377. The second-order valence-electron chi connectivity index (χ2n) is 5.63. The summed E-state index contributed by atoms with van der Waals surface area (Å²) in [5.74, 6) is 0.